The predicted molar refractivity (Wildman–Crippen MR) is 37.1 cm³/mol. The maximum absolute atomic E-state index is 10.8. The second-order valence-electron chi connectivity index (χ2n) is 2.59. The van der Waals surface area contributed by atoms with E-state index in [9.17, 15) is 4.79 Å². The quantitative estimate of drug-likeness (QED) is 0.359. The summed E-state index contributed by atoms with van der Waals surface area (Å²) in [6.45, 7) is 0.574. The molecule has 0 radical (unpaired) electrons. The summed E-state index contributed by atoms with van der Waals surface area (Å²) in [6.07, 6.45) is 1.70. The Hall–Kier alpha value is -0.810. The van der Waals surface area contributed by atoms with Gasteiger partial charge in [0.05, 0.1) is 12.6 Å². The molecule has 1 heterocycles. The number of hydrogen-bond acceptors (Lipinski definition) is 3. The van der Waals surface area contributed by atoms with Crippen LogP contribution in [0.25, 0.3) is 0 Å². The maximum atomic E-state index is 10.8. The standard InChI is InChI=1S/C6H12N2O3/c9-4-5-2-1-3-8(5)6(10)7-11/h5,9,11H,1-4H2,(H,7,10)/t5-/m0/s1. The molecule has 64 valence electrons. The number of hydrogen-bond donors (Lipinski definition) is 3. The van der Waals surface area contributed by atoms with Crippen LogP contribution in [0, 0.1) is 0 Å². The van der Waals surface area contributed by atoms with Crippen molar-refractivity contribution in [1.82, 2.24) is 10.4 Å². The molecule has 11 heavy (non-hydrogen) atoms. The first kappa shape index (κ1) is 8.29. The first-order chi connectivity index (χ1) is 5.29. The van der Waals surface area contributed by atoms with Crippen molar-refractivity contribution in [2.24, 2.45) is 0 Å². The molecule has 0 aliphatic carbocycles. The summed E-state index contributed by atoms with van der Waals surface area (Å²) in [4.78, 5) is 12.3. The third kappa shape index (κ3) is 1.61. The van der Waals surface area contributed by atoms with Crippen molar-refractivity contribution < 1.29 is 15.1 Å². The van der Waals surface area contributed by atoms with Gasteiger partial charge in [0.15, 0.2) is 0 Å². The number of likely N-dealkylation sites (tertiary alicyclic amines) is 1. The van der Waals surface area contributed by atoms with Crippen molar-refractivity contribution in [2.45, 2.75) is 18.9 Å². The molecule has 1 saturated heterocycles. The summed E-state index contributed by atoms with van der Waals surface area (Å²) < 4.78 is 0. The van der Waals surface area contributed by atoms with E-state index in [-0.39, 0.29) is 12.6 Å². The Morgan fingerprint density at radius 2 is 2.45 bits per heavy atom. The van der Waals surface area contributed by atoms with Gasteiger partial charge in [-0.1, -0.05) is 0 Å². The zero-order valence-corrected chi connectivity index (χ0v) is 6.16. The lowest BCUT2D eigenvalue weighted by atomic mass is 10.2. The molecule has 5 nitrogen and oxygen atoms in total. The minimum atomic E-state index is -0.526. The Labute approximate surface area is 64.6 Å². The van der Waals surface area contributed by atoms with Crippen LogP contribution in [0.2, 0.25) is 0 Å². The Morgan fingerprint density at radius 3 is 3.00 bits per heavy atom. The van der Waals surface area contributed by atoms with Gasteiger partial charge in [-0.2, -0.15) is 0 Å². The van der Waals surface area contributed by atoms with E-state index in [1.807, 2.05) is 0 Å². The molecule has 0 aromatic heterocycles. The number of nitrogens with one attached hydrogen (secondary N) is 1. The van der Waals surface area contributed by atoms with Crippen LogP contribution in [0.3, 0.4) is 0 Å². The zero-order valence-electron chi connectivity index (χ0n) is 6.16. The number of hydroxylamine groups is 1. The molecule has 1 aliphatic rings. The molecule has 0 aromatic rings. The highest BCUT2D eigenvalue weighted by Gasteiger charge is 2.27. The molecular formula is C6H12N2O3. The number of aliphatic hydroxyl groups excluding tert-OH is 1. The molecule has 1 aliphatic heterocycles. The van der Waals surface area contributed by atoms with Crippen molar-refractivity contribution in [1.29, 1.82) is 0 Å². The van der Waals surface area contributed by atoms with E-state index in [0.29, 0.717) is 6.54 Å². The number of aliphatic hydroxyl groups is 1. The van der Waals surface area contributed by atoms with Gasteiger partial charge in [-0.15, -0.1) is 0 Å². The van der Waals surface area contributed by atoms with Crippen LogP contribution >= 0.6 is 0 Å². The lowest BCUT2D eigenvalue weighted by Gasteiger charge is -2.21. The van der Waals surface area contributed by atoms with Crippen LogP contribution in [-0.2, 0) is 0 Å². The second kappa shape index (κ2) is 3.54. The summed E-state index contributed by atoms with van der Waals surface area (Å²) in [5, 5.41) is 17.1. The van der Waals surface area contributed by atoms with E-state index in [2.05, 4.69) is 0 Å². The van der Waals surface area contributed by atoms with Crippen molar-refractivity contribution >= 4 is 6.03 Å². The van der Waals surface area contributed by atoms with Gasteiger partial charge in [-0.05, 0) is 12.8 Å². The predicted octanol–water partition coefficient (Wildman–Crippen LogP) is -0.458. The van der Waals surface area contributed by atoms with Crippen LogP contribution in [0.4, 0.5) is 4.79 Å². The summed E-state index contributed by atoms with van der Waals surface area (Å²) in [5.74, 6) is 0. The molecule has 0 bridgehead atoms. The number of nitrogens with zero attached hydrogens (tertiary/aromatic N) is 1. The van der Waals surface area contributed by atoms with Gasteiger partial charge in [-0.3, -0.25) is 5.21 Å². The molecule has 3 N–H and O–H groups in total. The van der Waals surface area contributed by atoms with E-state index in [1.165, 1.54) is 4.90 Å². The fraction of sp³-hybridized carbons (Fsp3) is 0.833. The fourth-order valence-electron chi connectivity index (χ4n) is 1.36. The average Bonchev–Trinajstić information content (AvgIpc) is 2.50. The molecule has 0 aromatic carbocycles. The van der Waals surface area contributed by atoms with Gasteiger partial charge >= 0.3 is 6.03 Å². The Balaban J connectivity index is 2.49. The van der Waals surface area contributed by atoms with Gasteiger partial charge in [-0.25, -0.2) is 10.3 Å². The van der Waals surface area contributed by atoms with Gasteiger partial charge in [0.25, 0.3) is 0 Å². The molecule has 1 fully saturated rings. The Bertz CT molecular complexity index is 151. The molecule has 0 saturated carbocycles. The largest absolute Gasteiger partial charge is 0.394 e. The highest BCUT2D eigenvalue weighted by atomic mass is 16.5. The van der Waals surface area contributed by atoms with Gasteiger partial charge in [0.2, 0.25) is 0 Å². The minimum absolute atomic E-state index is 0.0343. The third-order valence-corrected chi connectivity index (χ3v) is 1.94. The molecule has 2 amide bonds. The molecule has 1 rings (SSSR count). The maximum Gasteiger partial charge on any atom is 0.341 e. The van der Waals surface area contributed by atoms with Crippen LogP contribution in [0.5, 0.6) is 0 Å². The van der Waals surface area contributed by atoms with Crippen LogP contribution in [0.15, 0.2) is 0 Å². The smallest absolute Gasteiger partial charge is 0.341 e. The van der Waals surface area contributed by atoms with E-state index in [4.69, 9.17) is 10.3 Å². The summed E-state index contributed by atoms with van der Waals surface area (Å²) in [7, 11) is 0. The van der Waals surface area contributed by atoms with Crippen molar-refractivity contribution in [3.05, 3.63) is 0 Å². The molecule has 5 heteroatoms. The molecule has 0 unspecified atom stereocenters. The highest BCUT2D eigenvalue weighted by Crippen LogP contribution is 2.15. The second-order valence-corrected chi connectivity index (χ2v) is 2.59. The van der Waals surface area contributed by atoms with Crippen LogP contribution in [0.1, 0.15) is 12.8 Å². The van der Waals surface area contributed by atoms with Crippen molar-refractivity contribution in [2.75, 3.05) is 13.2 Å². The van der Waals surface area contributed by atoms with E-state index >= 15 is 0 Å². The number of rotatable bonds is 1. The Morgan fingerprint density at radius 1 is 1.73 bits per heavy atom. The van der Waals surface area contributed by atoms with E-state index in [0.717, 1.165) is 12.8 Å². The summed E-state index contributed by atoms with van der Waals surface area (Å²) in [5.41, 5.74) is 1.55. The molecule has 1 atom stereocenters. The van der Waals surface area contributed by atoms with Crippen LogP contribution < -0.4 is 5.48 Å². The summed E-state index contributed by atoms with van der Waals surface area (Å²) >= 11 is 0. The fourth-order valence-corrected chi connectivity index (χ4v) is 1.36. The number of carbonyl (C=O) groups excluding carboxylic acids is 1. The zero-order chi connectivity index (χ0) is 8.27. The van der Waals surface area contributed by atoms with Crippen molar-refractivity contribution in [3.63, 3.8) is 0 Å². The van der Waals surface area contributed by atoms with Gasteiger partial charge < -0.3 is 10.0 Å². The molecule has 0 spiro atoms. The minimum Gasteiger partial charge on any atom is -0.394 e. The number of urea groups is 1. The van der Waals surface area contributed by atoms with E-state index < -0.39 is 6.03 Å². The first-order valence-corrected chi connectivity index (χ1v) is 3.61. The summed E-state index contributed by atoms with van der Waals surface area (Å²) in [6, 6.07) is -0.649. The van der Waals surface area contributed by atoms with Gasteiger partial charge in [0, 0.05) is 6.54 Å². The lowest BCUT2D eigenvalue weighted by Crippen LogP contribution is -2.42. The average molecular weight is 160 g/mol. The highest BCUT2D eigenvalue weighted by molar-refractivity contribution is 5.73. The van der Waals surface area contributed by atoms with Gasteiger partial charge in [0.1, 0.15) is 0 Å². The van der Waals surface area contributed by atoms with Crippen LogP contribution in [-0.4, -0.2) is 40.4 Å². The normalized spacial score (nSPS) is 23.8. The lowest BCUT2D eigenvalue weighted by molar-refractivity contribution is 0.111. The number of carbonyl (C=O) groups is 1. The topological polar surface area (TPSA) is 72.8 Å². The first-order valence-electron chi connectivity index (χ1n) is 3.61. The third-order valence-electron chi connectivity index (χ3n) is 1.94. The molecular weight excluding hydrogens is 148 g/mol. The SMILES string of the molecule is O=C(NO)N1CCC[C@H]1CO. The van der Waals surface area contributed by atoms with Crippen molar-refractivity contribution in [3.8, 4) is 0 Å². The monoisotopic (exact) mass is 160 g/mol. The number of amides is 2. The van der Waals surface area contributed by atoms with E-state index in [1.54, 1.807) is 5.48 Å². The Kier molecular flexibility index (Phi) is 2.67.